The fraction of sp³-hybridized carbons (Fsp3) is 0.179. The monoisotopic (exact) mass is 946 g/mol. The number of ether oxygens (including phenoxy) is 11. The molecular weight excluding hydrogens is 897 g/mol. The number of carbonyl (C=O) groups is 1. The highest BCUT2D eigenvalue weighted by Crippen LogP contribution is 2.42. The van der Waals surface area contributed by atoms with Crippen molar-refractivity contribution < 1.29 is 61.3 Å². The summed E-state index contributed by atoms with van der Waals surface area (Å²) in [6, 6.07) is 49.5. The largest absolute Gasteiger partial charge is 0.489 e. The molecule has 0 fully saturated rings. The second kappa shape index (κ2) is 24.1. The highest BCUT2D eigenvalue weighted by Gasteiger charge is 2.28. The van der Waals surface area contributed by atoms with Gasteiger partial charge in [0.1, 0.15) is 48.9 Å². The van der Waals surface area contributed by atoms with Gasteiger partial charge in [-0.05, 0) is 52.6 Å². The number of hydrogen-bond donors (Lipinski definition) is 0. The summed E-state index contributed by atoms with van der Waals surface area (Å²) in [5.74, 6) is -0.0997. The van der Waals surface area contributed by atoms with Crippen molar-refractivity contribution in [3.63, 3.8) is 0 Å². The Kier molecular flexibility index (Phi) is 16.6. The average Bonchev–Trinajstić information content (AvgIpc) is 3.40. The van der Waals surface area contributed by atoms with Crippen LogP contribution in [-0.4, -0.2) is 47.7 Å². The maximum Gasteiger partial charge on any atom is 0.344 e. The minimum absolute atomic E-state index is 0.00513. The Labute approximate surface area is 404 Å². The van der Waals surface area contributed by atoms with Gasteiger partial charge in [0.2, 0.25) is 16.9 Å². The topological polar surface area (TPSA) is 149 Å². The molecule has 0 amide bonds. The van der Waals surface area contributed by atoms with Gasteiger partial charge in [-0.1, -0.05) is 121 Å². The highest BCUT2D eigenvalue weighted by molar-refractivity contribution is 5.95. The van der Waals surface area contributed by atoms with Crippen molar-refractivity contribution in [1.29, 1.82) is 0 Å². The molecule has 0 N–H and O–H groups in total. The normalized spacial score (nSPS) is 10.9. The van der Waals surface area contributed by atoms with Crippen molar-refractivity contribution >= 4 is 16.9 Å². The summed E-state index contributed by atoms with van der Waals surface area (Å²) >= 11 is 0. The van der Waals surface area contributed by atoms with Gasteiger partial charge in [-0.2, -0.15) is 0 Å². The van der Waals surface area contributed by atoms with E-state index < -0.39 is 17.1 Å². The van der Waals surface area contributed by atoms with Crippen LogP contribution in [-0.2, 0) is 40.6 Å². The first-order valence-corrected chi connectivity index (χ1v) is 22.1. The van der Waals surface area contributed by atoms with Gasteiger partial charge < -0.3 is 56.5 Å². The zero-order valence-electron chi connectivity index (χ0n) is 38.8. The fourth-order valence-corrected chi connectivity index (χ4v) is 7.12. The zero-order chi connectivity index (χ0) is 48.5. The molecule has 358 valence electrons. The average molecular weight is 947 g/mol. The Morgan fingerprint density at radius 2 is 0.914 bits per heavy atom. The molecule has 0 saturated carbocycles. The molecule has 0 unspecified atom stereocenters. The molecule has 0 aliphatic carbocycles. The molecule has 70 heavy (non-hydrogen) atoms. The van der Waals surface area contributed by atoms with E-state index in [9.17, 15) is 4.79 Å². The smallest absolute Gasteiger partial charge is 0.344 e. The minimum Gasteiger partial charge on any atom is -0.489 e. The Bertz CT molecular complexity index is 2990. The number of benzene rings is 7. The van der Waals surface area contributed by atoms with Crippen molar-refractivity contribution in [3.8, 4) is 57.3 Å². The first-order chi connectivity index (χ1) is 34.4. The number of esters is 1. The van der Waals surface area contributed by atoms with E-state index in [1.54, 1.807) is 30.3 Å². The third-order valence-corrected chi connectivity index (χ3v) is 10.5. The zero-order valence-corrected chi connectivity index (χ0v) is 38.8. The molecule has 7 aromatic carbocycles. The summed E-state index contributed by atoms with van der Waals surface area (Å²) in [6.45, 7) is 0.121. The molecule has 14 heteroatoms. The third-order valence-electron chi connectivity index (χ3n) is 10.5. The van der Waals surface area contributed by atoms with Crippen LogP contribution in [0.15, 0.2) is 173 Å². The second-order valence-corrected chi connectivity index (χ2v) is 15.5. The maximum atomic E-state index is 15.3. The van der Waals surface area contributed by atoms with Crippen LogP contribution in [0.1, 0.15) is 32.6 Å². The van der Waals surface area contributed by atoms with E-state index in [0.29, 0.717) is 22.8 Å². The van der Waals surface area contributed by atoms with E-state index in [1.807, 2.05) is 121 Å². The van der Waals surface area contributed by atoms with Gasteiger partial charge in [0.25, 0.3) is 0 Å². The van der Waals surface area contributed by atoms with Crippen molar-refractivity contribution in [2.24, 2.45) is 0 Å². The molecule has 0 bridgehead atoms. The van der Waals surface area contributed by atoms with Gasteiger partial charge >= 0.3 is 5.97 Å². The summed E-state index contributed by atoms with van der Waals surface area (Å²) < 4.78 is 71.3. The maximum absolute atomic E-state index is 15.3. The van der Waals surface area contributed by atoms with Gasteiger partial charge in [0.05, 0.1) is 5.56 Å². The Hall–Kier alpha value is -8.30. The predicted molar refractivity (Wildman–Crippen MR) is 260 cm³/mol. The lowest BCUT2D eigenvalue weighted by atomic mass is 10.1. The number of carbonyl (C=O) groups excluding carboxylic acids is 1. The van der Waals surface area contributed by atoms with Gasteiger partial charge in [0, 0.05) is 39.0 Å². The van der Waals surface area contributed by atoms with Crippen LogP contribution in [0.2, 0.25) is 0 Å². The summed E-state index contributed by atoms with van der Waals surface area (Å²) in [6.07, 6.45) is 0. The van der Waals surface area contributed by atoms with E-state index in [0.717, 1.165) is 22.3 Å². The third kappa shape index (κ3) is 12.4. The van der Waals surface area contributed by atoms with Crippen molar-refractivity contribution in [2.45, 2.75) is 26.4 Å². The molecule has 8 rings (SSSR count). The molecule has 0 radical (unpaired) electrons. The van der Waals surface area contributed by atoms with E-state index in [-0.39, 0.29) is 92.1 Å². The molecule has 14 nitrogen and oxygen atoms in total. The van der Waals surface area contributed by atoms with Crippen LogP contribution >= 0.6 is 0 Å². The Morgan fingerprint density at radius 3 is 1.43 bits per heavy atom. The first kappa shape index (κ1) is 48.2. The molecule has 0 aliphatic heterocycles. The van der Waals surface area contributed by atoms with Crippen molar-refractivity contribution in [3.05, 3.63) is 202 Å². The SMILES string of the molecule is COCOc1cc(C(=O)Oc2c(-c3ccc(OCc4ccccc4)c(OCc4ccccc4)c3)oc3cc(OCc4ccccc4)cc(OCc4ccccc4)c3c2=O)cc(OCOC)c1OCOC. The standard InChI is InChI=1S/C56H50O14/c1-59-35-66-49-27-43(28-50(67-36-60-2)54(49)68-37-61-3)56(58)70-55-52(57)51-47(65-34-41-22-14-7-15-23-41)29-44(62-31-38-16-8-4-9-17-38)30-48(51)69-53(55)42-24-25-45(63-32-39-18-10-5-11-19-39)46(26-42)64-33-40-20-12-6-13-21-40/h4-30H,31-37H2,1-3H3. The number of methoxy groups -OCH3 is 3. The van der Waals surface area contributed by atoms with Gasteiger partial charge in [-0.15, -0.1) is 0 Å². The van der Waals surface area contributed by atoms with Crippen LogP contribution < -0.4 is 43.3 Å². The molecule has 1 aromatic heterocycles. The molecule has 1 heterocycles. The van der Waals surface area contributed by atoms with Gasteiger partial charge in [-0.3, -0.25) is 4.79 Å². The van der Waals surface area contributed by atoms with E-state index in [2.05, 4.69) is 0 Å². The van der Waals surface area contributed by atoms with Crippen LogP contribution in [0.25, 0.3) is 22.3 Å². The minimum atomic E-state index is -0.978. The highest BCUT2D eigenvalue weighted by atomic mass is 16.7. The predicted octanol–water partition coefficient (Wildman–Crippen LogP) is 10.9. The van der Waals surface area contributed by atoms with Crippen molar-refractivity contribution in [2.75, 3.05) is 41.7 Å². The van der Waals surface area contributed by atoms with Crippen molar-refractivity contribution in [1.82, 2.24) is 0 Å². The summed E-state index contributed by atoms with van der Waals surface area (Å²) in [5, 5.41) is -0.00513. The second-order valence-electron chi connectivity index (χ2n) is 15.5. The Morgan fingerprint density at radius 1 is 0.443 bits per heavy atom. The number of hydrogen-bond acceptors (Lipinski definition) is 14. The quantitative estimate of drug-likeness (QED) is 0.0418. The van der Waals surface area contributed by atoms with Crippen LogP contribution in [0.5, 0.6) is 46.0 Å². The summed E-state index contributed by atoms with van der Waals surface area (Å²) in [7, 11) is 4.32. The van der Waals surface area contributed by atoms with Crippen LogP contribution in [0, 0.1) is 0 Å². The molecule has 0 aliphatic rings. The lowest BCUT2D eigenvalue weighted by Gasteiger charge is -2.18. The van der Waals surface area contributed by atoms with E-state index in [4.69, 9.17) is 56.5 Å². The van der Waals surface area contributed by atoms with Gasteiger partial charge in [-0.25, -0.2) is 4.79 Å². The van der Waals surface area contributed by atoms with Crippen LogP contribution in [0.4, 0.5) is 0 Å². The first-order valence-electron chi connectivity index (χ1n) is 22.1. The number of rotatable bonds is 24. The lowest BCUT2D eigenvalue weighted by molar-refractivity contribution is 0.0216. The van der Waals surface area contributed by atoms with Crippen LogP contribution in [0.3, 0.4) is 0 Å². The van der Waals surface area contributed by atoms with Gasteiger partial charge in [0.15, 0.2) is 49.1 Å². The Balaban J connectivity index is 1.28. The molecular formula is C56H50O14. The number of fused-ring (bicyclic) bond motifs is 1. The lowest BCUT2D eigenvalue weighted by Crippen LogP contribution is -2.18. The summed E-state index contributed by atoms with van der Waals surface area (Å²) in [4.78, 5) is 29.9. The fourth-order valence-electron chi connectivity index (χ4n) is 7.12. The molecule has 0 atom stereocenters. The molecule has 8 aromatic rings. The van der Waals surface area contributed by atoms with E-state index in [1.165, 1.54) is 33.5 Å². The molecule has 0 spiro atoms. The summed E-state index contributed by atoms with van der Waals surface area (Å²) in [5.41, 5.74) is 3.20. The molecule has 0 saturated heterocycles. The van der Waals surface area contributed by atoms with E-state index >= 15 is 4.79 Å².